The van der Waals surface area contributed by atoms with Gasteiger partial charge >= 0.3 is 0 Å². The Kier molecular flexibility index (Phi) is 6.26. The van der Waals surface area contributed by atoms with E-state index >= 15 is 0 Å². The molecule has 2 heteroatoms. The number of nitrogens with one attached hydrogen (secondary N) is 1. The third kappa shape index (κ3) is 5.53. The third-order valence-electron chi connectivity index (χ3n) is 3.45. The molecule has 1 aliphatic rings. The maximum atomic E-state index is 10.3. The molecular formula is C13H27NO. The second kappa shape index (κ2) is 7.24. The lowest BCUT2D eigenvalue weighted by Gasteiger charge is -2.26. The molecule has 0 aliphatic heterocycles. The Morgan fingerprint density at radius 1 is 1.07 bits per heavy atom. The van der Waals surface area contributed by atoms with Gasteiger partial charge in [0.1, 0.15) is 0 Å². The van der Waals surface area contributed by atoms with Crippen molar-refractivity contribution in [1.29, 1.82) is 0 Å². The Labute approximate surface area is 94.5 Å². The predicted molar refractivity (Wildman–Crippen MR) is 65.0 cm³/mol. The highest BCUT2D eigenvalue weighted by molar-refractivity contribution is 4.82. The van der Waals surface area contributed by atoms with E-state index in [0.29, 0.717) is 0 Å². The van der Waals surface area contributed by atoms with E-state index in [2.05, 4.69) is 12.2 Å². The topological polar surface area (TPSA) is 32.3 Å². The molecular weight excluding hydrogens is 186 g/mol. The Balaban J connectivity index is 2.11. The Hall–Kier alpha value is -0.0800. The summed E-state index contributed by atoms with van der Waals surface area (Å²) in [7, 11) is 0. The van der Waals surface area contributed by atoms with Gasteiger partial charge in [0.2, 0.25) is 0 Å². The zero-order valence-electron chi connectivity index (χ0n) is 10.2. The molecule has 0 aromatic heterocycles. The van der Waals surface area contributed by atoms with Gasteiger partial charge in [-0.1, -0.05) is 45.4 Å². The van der Waals surface area contributed by atoms with E-state index in [4.69, 9.17) is 0 Å². The van der Waals surface area contributed by atoms with Gasteiger partial charge in [0.15, 0.2) is 0 Å². The molecule has 0 aromatic rings. The SMILES string of the molecule is CCCCCNCC1(O)CCCCCC1. The third-order valence-corrected chi connectivity index (χ3v) is 3.45. The van der Waals surface area contributed by atoms with Gasteiger partial charge in [-0.2, -0.15) is 0 Å². The van der Waals surface area contributed by atoms with Crippen LogP contribution in [0.15, 0.2) is 0 Å². The van der Waals surface area contributed by atoms with Gasteiger partial charge in [-0.3, -0.25) is 0 Å². The minimum Gasteiger partial charge on any atom is -0.389 e. The van der Waals surface area contributed by atoms with Crippen LogP contribution in [0.5, 0.6) is 0 Å². The minimum atomic E-state index is -0.400. The monoisotopic (exact) mass is 213 g/mol. The number of unbranched alkanes of at least 4 members (excludes halogenated alkanes) is 2. The molecule has 0 aromatic carbocycles. The lowest BCUT2D eigenvalue weighted by atomic mass is 9.94. The number of hydrogen-bond acceptors (Lipinski definition) is 2. The number of aliphatic hydroxyl groups is 1. The lowest BCUT2D eigenvalue weighted by Crippen LogP contribution is -2.40. The maximum Gasteiger partial charge on any atom is 0.0771 e. The van der Waals surface area contributed by atoms with E-state index in [-0.39, 0.29) is 0 Å². The van der Waals surface area contributed by atoms with E-state index in [9.17, 15) is 5.11 Å². The lowest BCUT2D eigenvalue weighted by molar-refractivity contribution is 0.0254. The van der Waals surface area contributed by atoms with Gasteiger partial charge in [-0.15, -0.1) is 0 Å². The molecule has 2 nitrogen and oxygen atoms in total. The largest absolute Gasteiger partial charge is 0.389 e. The summed E-state index contributed by atoms with van der Waals surface area (Å²) >= 11 is 0. The second-order valence-electron chi connectivity index (χ2n) is 5.02. The number of rotatable bonds is 6. The van der Waals surface area contributed by atoms with Crippen molar-refractivity contribution in [2.24, 2.45) is 0 Å². The van der Waals surface area contributed by atoms with E-state index < -0.39 is 5.60 Å². The summed E-state index contributed by atoms with van der Waals surface area (Å²) in [6.07, 6.45) is 10.8. The second-order valence-corrected chi connectivity index (χ2v) is 5.02. The molecule has 0 amide bonds. The average molecular weight is 213 g/mol. The van der Waals surface area contributed by atoms with Crippen molar-refractivity contribution in [2.75, 3.05) is 13.1 Å². The summed E-state index contributed by atoms with van der Waals surface area (Å²) in [5.41, 5.74) is -0.400. The van der Waals surface area contributed by atoms with Gasteiger partial charge in [0.25, 0.3) is 0 Å². The summed E-state index contributed by atoms with van der Waals surface area (Å²) in [4.78, 5) is 0. The normalized spacial score (nSPS) is 21.2. The molecule has 1 saturated carbocycles. The van der Waals surface area contributed by atoms with Crippen LogP contribution in [0.25, 0.3) is 0 Å². The quantitative estimate of drug-likeness (QED) is 0.525. The highest BCUT2D eigenvalue weighted by atomic mass is 16.3. The van der Waals surface area contributed by atoms with Gasteiger partial charge in [0.05, 0.1) is 5.60 Å². The summed E-state index contributed by atoms with van der Waals surface area (Å²) < 4.78 is 0. The van der Waals surface area contributed by atoms with Crippen molar-refractivity contribution in [3.05, 3.63) is 0 Å². The summed E-state index contributed by atoms with van der Waals surface area (Å²) in [5, 5.41) is 13.8. The summed E-state index contributed by atoms with van der Waals surface area (Å²) in [6, 6.07) is 0. The van der Waals surface area contributed by atoms with Crippen LogP contribution >= 0.6 is 0 Å². The van der Waals surface area contributed by atoms with Crippen molar-refractivity contribution in [1.82, 2.24) is 5.32 Å². The van der Waals surface area contributed by atoms with Crippen molar-refractivity contribution >= 4 is 0 Å². The van der Waals surface area contributed by atoms with Crippen LogP contribution in [0.1, 0.15) is 64.7 Å². The van der Waals surface area contributed by atoms with E-state index in [1.165, 1.54) is 44.9 Å². The van der Waals surface area contributed by atoms with Crippen LogP contribution in [0, 0.1) is 0 Å². The molecule has 1 fully saturated rings. The first-order valence-electron chi connectivity index (χ1n) is 6.70. The molecule has 1 aliphatic carbocycles. The fourth-order valence-corrected chi connectivity index (χ4v) is 2.38. The molecule has 2 N–H and O–H groups in total. The zero-order chi connectivity index (χ0) is 11.0. The van der Waals surface area contributed by atoms with Crippen molar-refractivity contribution < 1.29 is 5.11 Å². The fraction of sp³-hybridized carbons (Fsp3) is 1.00. The van der Waals surface area contributed by atoms with E-state index in [1.807, 2.05) is 0 Å². The van der Waals surface area contributed by atoms with Gasteiger partial charge in [-0.05, 0) is 25.8 Å². The average Bonchev–Trinajstić information content (AvgIpc) is 2.43. The highest BCUT2D eigenvalue weighted by Crippen LogP contribution is 2.26. The van der Waals surface area contributed by atoms with E-state index in [1.54, 1.807) is 0 Å². The van der Waals surface area contributed by atoms with E-state index in [0.717, 1.165) is 25.9 Å². The predicted octanol–water partition coefficient (Wildman–Crippen LogP) is 2.85. The molecule has 0 heterocycles. The van der Waals surface area contributed by atoms with Gasteiger partial charge in [0, 0.05) is 6.54 Å². The molecule has 0 atom stereocenters. The molecule has 90 valence electrons. The van der Waals surface area contributed by atoms with Crippen LogP contribution in [0.3, 0.4) is 0 Å². The maximum absolute atomic E-state index is 10.3. The van der Waals surface area contributed by atoms with Crippen LogP contribution < -0.4 is 5.32 Å². The van der Waals surface area contributed by atoms with Crippen molar-refractivity contribution in [2.45, 2.75) is 70.3 Å². The summed E-state index contributed by atoms with van der Waals surface area (Å²) in [5.74, 6) is 0. The fourth-order valence-electron chi connectivity index (χ4n) is 2.38. The zero-order valence-corrected chi connectivity index (χ0v) is 10.2. The van der Waals surface area contributed by atoms with Crippen molar-refractivity contribution in [3.8, 4) is 0 Å². The smallest absolute Gasteiger partial charge is 0.0771 e. The molecule has 0 spiro atoms. The molecule has 15 heavy (non-hydrogen) atoms. The Bertz CT molecular complexity index is 151. The Morgan fingerprint density at radius 3 is 2.33 bits per heavy atom. The molecule has 0 saturated heterocycles. The minimum absolute atomic E-state index is 0.400. The molecule has 0 bridgehead atoms. The Morgan fingerprint density at radius 2 is 1.73 bits per heavy atom. The van der Waals surface area contributed by atoms with Gasteiger partial charge < -0.3 is 10.4 Å². The first-order valence-corrected chi connectivity index (χ1v) is 6.70. The van der Waals surface area contributed by atoms with Crippen LogP contribution in [0.2, 0.25) is 0 Å². The molecule has 1 rings (SSSR count). The highest BCUT2D eigenvalue weighted by Gasteiger charge is 2.26. The van der Waals surface area contributed by atoms with Crippen LogP contribution in [0.4, 0.5) is 0 Å². The van der Waals surface area contributed by atoms with Crippen LogP contribution in [-0.4, -0.2) is 23.8 Å². The van der Waals surface area contributed by atoms with Crippen molar-refractivity contribution in [3.63, 3.8) is 0 Å². The molecule has 0 radical (unpaired) electrons. The van der Waals surface area contributed by atoms with Crippen LogP contribution in [-0.2, 0) is 0 Å². The standard InChI is InChI=1S/C13H27NO/c1-2-3-8-11-14-12-13(15)9-6-4-5-7-10-13/h14-15H,2-12H2,1H3. The first kappa shape index (κ1) is 13.0. The van der Waals surface area contributed by atoms with Gasteiger partial charge in [-0.25, -0.2) is 0 Å². The molecule has 0 unspecified atom stereocenters. The first-order chi connectivity index (χ1) is 7.27. The summed E-state index contributed by atoms with van der Waals surface area (Å²) in [6.45, 7) is 4.09. The number of hydrogen-bond donors (Lipinski definition) is 2.